The number of rotatable bonds is 9. The fourth-order valence-corrected chi connectivity index (χ4v) is 2.80. The van der Waals surface area contributed by atoms with Gasteiger partial charge in [-0.15, -0.1) is 0 Å². The lowest BCUT2D eigenvalue weighted by Crippen LogP contribution is -2.28. The first-order valence-electron chi connectivity index (χ1n) is 8.82. The quantitative estimate of drug-likeness (QED) is 0.743. The Hall–Kier alpha value is -2.28. The van der Waals surface area contributed by atoms with Crippen molar-refractivity contribution in [3.05, 3.63) is 52.8 Å². The summed E-state index contributed by atoms with van der Waals surface area (Å²) >= 11 is 0. The summed E-state index contributed by atoms with van der Waals surface area (Å²) in [6.07, 6.45) is -2.65. The lowest BCUT2D eigenvalue weighted by Gasteiger charge is -2.18. The second kappa shape index (κ2) is 9.43. The van der Waals surface area contributed by atoms with Gasteiger partial charge < -0.3 is 5.32 Å². The second-order valence-corrected chi connectivity index (χ2v) is 6.23. The van der Waals surface area contributed by atoms with Gasteiger partial charge >= 0.3 is 0 Å². The summed E-state index contributed by atoms with van der Waals surface area (Å²) in [4.78, 5) is 14.4. The maximum absolute atomic E-state index is 13.0. The molecule has 1 aromatic heterocycles. The predicted octanol–water partition coefficient (Wildman–Crippen LogP) is 3.29. The van der Waals surface area contributed by atoms with Gasteiger partial charge in [0, 0.05) is 13.1 Å². The van der Waals surface area contributed by atoms with Crippen LogP contribution in [-0.4, -0.2) is 33.7 Å². The maximum atomic E-state index is 13.0. The smallest absolute Gasteiger partial charge is 0.280 e. The number of carbonyl (C=O) groups is 1. The van der Waals surface area contributed by atoms with Crippen molar-refractivity contribution < 1.29 is 13.6 Å². The number of benzene rings is 1. The molecule has 7 heteroatoms. The number of aromatic nitrogens is 2. The Bertz CT molecular complexity index is 726. The number of carbonyl (C=O) groups excluding carboxylic acids is 1. The first-order chi connectivity index (χ1) is 12.4. The average molecular weight is 364 g/mol. The Labute approximate surface area is 153 Å². The van der Waals surface area contributed by atoms with Gasteiger partial charge in [0.1, 0.15) is 12.2 Å². The highest BCUT2D eigenvalue weighted by molar-refractivity contribution is 5.75. The Morgan fingerprint density at radius 1 is 1.23 bits per heavy atom. The van der Waals surface area contributed by atoms with Crippen molar-refractivity contribution in [3.8, 4) is 0 Å². The molecule has 5 nitrogen and oxygen atoms in total. The highest BCUT2D eigenvalue weighted by Gasteiger charge is 2.17. The first kappa shape index (κ1) is 20.0. The third-order valence-corrected chi connectivity index (χ3v) is 4.23. The van der Waals surface area contributed by atoms with Gasteiger partial charge in [0.15, 0.2) is 0 Å². The van der Waals surface area contributed by atoms with Crippen molar-refractivity contribution in [1.29, 1.82) is 0 Å². The van der Waals surface area contributed by atoms with E-state index < -0.39 is 6.43 Å². The molecule has 0 atom stereocenters. The van der Waals surface area contributed by atoms with Crippen LogP contribution < -0.4 is 5.32 Å². The first-order valence-corrected chi connectivity index (χ1v) is 8.82. The Balaban J connectivity index is 1.93. The molecule has 0 radical (unpaired) electrons. The molecule has 0 aliphatic rings. The standard InChI is InChI=1S/C19H26F2N4O/c1-4-24(5-2)12-16-8-6-7-15(10-16)11-22-18(26)13-25-17(19(20)21)9-14(3)23-25/h6-10,19H,4-5,11-13H2,1-3H3,(H,22,26). The van der Waals surface area contributed by atoms with Gasteiger partial charge in [0.2, 0.25) is 5.91 Å². The minimum Gasteiger partial charge on any atom is -0.350 e. The number of hydrogen-bond acceptors (Lipinski definition) is 3. The van der Waals surface area contributed by atoms with E-state index in [2.05, 4.69) is 41.3 Å². The van der Waals surface area contributed by atoms with E-state index in [1.165, 1.54) is 11.6 Å². The van der Waals surface area contributed by atoms with Gasteiger partial charge in [0.25, 0.3) is 6.43 Å². The minimum atomic E-state index is -2.65. The molecule has 0 aliphatic carbocycles. The van der Waals surface area contributed by atoms with Gasteiger partial charge in [-0.1, -0.05) is 38.1 Å². The van der Waals surface area contributed by atoms with E-state index >= 15 is 0 Å². The molecule has 0 unspecified atom stereocenters. The van der Waals surface area contributed by atoms with Gasteiger partial charge in [-0.05, 0) is 37.2 Å². The van der Waals surface area contributed by atoms with E-state index in [1.54, 1.807) is 6.92 Å². The van der Waals surface area contributed by atoms with Crippen molar-refractivity contribution in [2.75, 3.05) is 13.1 Å². The zero-order valence-electron chi connectivity index (χ0n) is 15.5. The Morgan fingerprint density at radius 2 is 1.92 bits per heavy atom. The lowest BCUT2D eigenvalue weighted by molar-refractivity contribution is -0.122. The molecule has 0 spiro atoms. The summed E-state index contributed by atoms with van der Waals surface area (Å²) in [5.74, 6) is -0.343. The van der Waals surface area contributed by atoms with Gasteiger partial charge in [-0.3, -0.25) is 14.4 Å². The van der Waals surface area contributed by atoms with Crippen molar-refractivity contribution >= 4 is 5.91 Å². The molecule has 0 saturated heterocycles. The molecule has 0 fully saturated rings. The fourth-order valence-electron chi connectivity index (χ4n) is 2.80. The van der Waals surface area contributed by atoms with E-state index in [9.17, 15) is 13.6 Å². The van der Waals surface area contributed by atoms with Crippen LogP contribution in [0.15, 0.2) is 30.3 Å². The van der Waals surface area contributed by atoms with Crippen LogP contribution in [-0.2, 0) is 24.4 Å². The number of aryl methyl sites for hydroxylation is 1. The largest absolute Gasteiger partial charge is 0.350 e. The normalized spacial score (nSPS) is 11.3. The van der Waals surface area contributed by atoms with Crippen LogP contribution in [0.3, 0.4) is 0 Å². The molecule has 1 N–H and O–H groups in total. The molecular weight excluding hydrogens is 338 g/mol. The van der Waals surface area contributed by atoms with E-state index in [-0.39, 0.29) is 18.1 Å². The van der Waals surface area contributed by atoms with Crippen LogP contribution >= 0.6 is 0 Å². The van der Waals surface area contributed by atoms with E-state index in [4.69, 9.17) is 0 Å². The second-order valence-electron chi connectivity index (χ2n) is 6.23. The van der Waals surface area contributed by atoms with Crippen molar-refractivity contribution in [3.63, 3.8) is 0 Å². The van der Waals surface area contributed by atoms with E-state index in [1.807, 2.05) is 12.1 Å². The number of nitrogens with one attached hydrogen (secondary N) is 1. The molecule has 2 aromatic rings. The fraction of sp³-hybridized carbons (Fsp3) is 0.474. The zero-order valence-corrected chi connectivity index (χ0v) is 15.5. The molecule has 1 aromatic carbocycles. The summed E-state index contributed by atoms with van der Waals surface area (Å²) < 4.78 is 27.0. The van der Waals surface area contributed by atoms with Crippen molar-refractivity contribution in [2.24, 2.45) is 0 Å². The molecule has 26 heavy (non-hydrogen) atoms. The summed E-state index contributed by atoms with van der Waals surface area (Å²) in [5.41, 5.74) is 2.40. The summed E-state index contributed by atoms with van der Waals surface area (Å²) in [6.45, 7) is 8.83. The summed E-state index contributed by atoms with van der Waals surface area (Å²) in [5, 5.41) is 6.74. The number of nitrogens with zero attached hydrogens (tertiary/aromatic N) is 3. The number of halogens is 2. The van der Waals surface area contributed by atoms with Crippen LogP contribution in [0.25, 0.3) is 0 Å². The number of alkyl halides is 2. The van der Waals surface area contributed by atoms with Crippen molar-refractivity contribution in [1.82, 2.24) is 20.0 Å². The van der Waals surface area contributed by atoms with Gasteiger partial charge in [-0.2, -0.15) is 5.10 Å². The third kappa shape index (κ3) is 5.62. The zero-order chi connectivity index (χ0) is 19.1. The van der Waals surface area contributed by atoms with Crippen LogP contribution in [0.1, 0.15) is 42.8 Å². The Morgan fingerprint density at radius 3 is 2.58 bits per heavy atom. The summed E-state index contributed by atoms with van der Waals surface area (Å²) in [7, 11) is 0. The van der Waals surface area contributed by atoms with E-state index in [0.717, 1.165) is 29.9 Å². The van der Waals surface area contributed by atoms with Crippen molar-refractivity contribution in [2.45, 2.75) is 46.8 Å². The SMILES string of the molecule is CCN(CC)Cc1cccc(CNC(=O)Cn2nc(C)cc2C(F)F)c1. The van der Waals surface area contributed by atoms with Gasteiger partial charge in [-0.25, -0.2) is 8.78 Å². The lowest BCUT2D eigenvalue weighted by atomic mass is 10.1. The molecule has 0 aliphatic heterocycles. The van der Waals surface area contributed by atoms with Crippen LogP contribution in [0.4, 0.5) is 8.78 Å². The average Bonchev–Trinajstić information content (AvgIpc) is 2.98. The molecule has 0 bridgehead atoms. The van der Waals surface area contributed by atoms with Gasteiger partial charge in [0.05, 0.1) is 5.69 Å². The van der Waals surface area contributed by atoms with Crippen LogP contribution in [0, 0.1) is 6.92 Å². The summed E-state index contributed by atoms with van der Waals surface area (Å²) in [6, 6.07) is 9.32. The molecular formula is C19H26F2N4O. The number of hydrogen-bond donors (Lipinski definition) is 1. The molecule has 1 amide bonds. The monoisotopic (exact) mass is 364 g/mol. The minimum absolute atomic E-state index is 0.216. The number of amides is 1. The third-order valence-electron chi connectivity index (χ3n) is 4.23. The highest BCUT2D eigenvalue weighted by Crippen LogP contribution is 2.19. The topological polar surface area (TPSA) is 50.2 Å². The van der Waals surface area contributed by atoms with Crippen LogP contribution in [0.2, 0.25) is 0 Å². The molecule has 2 rings (SSSR count). The molecule has 1 heterocycles. The maximum Gasteiger partial charge on any atom is 0.280 e. The molecule has 0 saturated carbocycles. The molecule has 142 valence electrons. The van der Waals surface area contributed by atoms with Crippen LogP contribution in [0.5, 0.6) is 0 Å². The van der Waals surface area contributed by atoms with E-state index in [0.29, 0.717) is 12.2 Å². The highest BCUT2D eigenvalue weighted by atomic mass is 19.3. The Kier molecular flexibility index (Phi) is 7.26. The predicted molar refractivity (Wildman–Crippen MR) is 96.8 cm³/mol.